The normalized spacial score (nSPS) is 11.6. The molecule has 0 bridgehead atoms. The number of ether oxygens (including phenoxy) is 1. The summed E-state index contributed by atoms with van der Waals surface area (Å²) in [6, 6.07) is 0. The molecule has 0 rings (SSSR count). The first-order chi connectivity index (χ1) is 6.85. The topological polar surface area (TPSA) is 92.7 Å². The minimum atomic E-state index is -3.96. The fourth-order valence-corrected chi connectivity index (χ4v) is 1.15. The van der Waals surface area contributed by atoms with Crippen LogP contribution in [0.5, 0.6) is 0 Å². The van der Waals surface area contributed by atoms with Crippen molar-refractivity contribution in [3.8, 4) is 0 Å². The van der Waals surface area contributed by atoms with Gasteiger partial charge in [-0.3, -0.25) is 4.55 Å². The van der Waals surface area contributed by atoms with E-state index in [9.17, 15) is 13.2 Å². The molecule has 0 saturated heterocycles. The first-order valence-electron chi connectivity index (χ1n) is 4.39. The van der Waals surface area contributed by atoms with E-state index >= 15 is 0 Å². The van der Waals surface area contributed by atoms with Crippen molar-refractivity contribution in [3.05, 3.63) is 11.8 Å². The third-order valence-electron chi connectivity index (χ3n) is 1.38. The van der Waals surface area contributed by atoms with Gasteiger partial charge in [0.15, 0.2) is 0 Å². The average molecular weight is 261 g/mol. The van der Waals surface area contributed by atoms with Crippen molar-refractivity contribution >= 4 is 45.6 Å². The Morgan fingerprint density at radius 1 is 1.50 bits per heavy atom. The van der Waals surface area contributed by atoms with Gasteiger partial charge in [-0.1, -0.05) is 0 Å². The Labute approximate surface area is 117 Å². The second-order valence-electron chi connectivity index (χ2n) is 2.79. The fraction of sp³-hybridized carbons (Fsp3) is 0.625. The van der Waals surface area contributed by atoms with Gasteiger partial charge in [0.2, 0.25) is 0 Å². The van der Waals surface area contributed by atoms with Gasteiger partial charge in [-0.25, -0.2) is 4.79 Å². The number of hydrogen-bond acceptors (Lipinski definition) is 5. The summed E-state index contributed by atoms with van der Waals surface area (Å²) in [5.74, 6) is -0.893. The molecule has 0 aromatic heterocycles. The van der Waals surface area contributed by atoms with Gasteiger partial charge in [-0.2, -0.15) is 8.42 Å². The van der Waals surface area contributed by atoms with Crippen LogP contribution in [0.4, 0.5) is 0 Å². The Kier molecular flexibility index (Phi) is 10.3. The van der Waals surface area contributed by atoms with Crippen LogP contribution in [-0.2, 0) is 19.6 Å². The molecule has 0 spiro atoms. The zero-order valence-electron chi connectivity index (χ0n) is 8.69. The van der Waals surface area contributed by atoms with Crippen molar-refractivity contribution in [2.75, 3.05) is 18.9 Å². The molecule has 0 aliphatic rings. The van der Waals surface area contributed by atoms with Crippen LogP contribution in [0, 0.1) is 0 Å². The van der Waals surface area contributed by atoms with Crippen LogP contribution < -0.4 is 5.32 Å². The summed E-state index contributed by atoms with van der Waals surface area (Å²) in [7, 11) is -3.96. The molecule has 0 aliphatic carbocycles. The second kappa shape index (κ2) is 9.00. The van der Waals surface area contributed by atoms with Gasteiger partial charge >= 0.3 is 35.5 Å². The van der Waals surface area contributed by atoms with E-state index in [1.165, 1.54) is 6.08 Å². The Morgan fingerprint density at radius 2 is 2.06 bits per heavy atom. The summed E-state index contributed by atoms with van der Waals surface area (Å²) < 4.78 is 33.7. The van der Waals surface area contributed by atoms with Gasteiger partial charge in [0.25, 0.3) is 10.1 Å². The molecule has 6 nitrogen and oxygen atoms in total. The molecule has 0 radical (unpaired) electrons. The Hall–Kier alpha value is -0.0800. The van der Waals surface area contributed by atoms with Gasteiger partial charge in [-0.15, -0.1) is 0 Å². The molecular weight excluding hydrogens is 245 g/mol. The van der Waals surface area contributed by atoms with Crippen LogP contribution in [0.15, 0.2) is 11.8 Å². The number of rotatable bonds is 6. The predicted octanol–water partition coefficient (Wildman–Crippen LogP) is -0.718. The molecule has 8 heteroatoms. The molecule has 0 aliphatic heterocycles. The van der Waals surface area contributed by atoms with E-state index in [1.807, 2.05) is 0 Å². The van der Waals surface area contributed by atoms with E-state index in [4.69, 9.17) is 4.55 Å². The third-order valence-corrected chi connectivity index (χ3v) is 2.10. The van der Waals surface area contributed by atoms with Crippen molar-refractivity contribution in [1.29, 1.82) is 0 Å². The van der Waals surface area contributed by atoms with Crippen molar-refractivity contribution < 1.29 is 22.5 Å². The number of carbonyl (C=O) groups is 1. The van der Waals surface area contributed by atoms with Crippen LogP contribution in [0.1, 0.15) is 13.8 Å². The summed E-state index contributed by atoms with van der Waals surface area (Å²) in [6.07, 6.45) is 1.22. The molecule has 90 valence electrons. The van der Waals surface area contributed by atoms with Gasteiger partial charge in [-0.05, 0) is 13.8 Å². The molecule has 0 atom stereocenters. The van der Waals surface area contributed by atoms with Crippen molar-refractivity contribution in [2.45, 2.75) is 13.8 Å². The van der Waals surface area contributed by atoms with Crippen molar-refractivity contribution in [2.24, 2.45) is 0 Å². The molecule has 0 fully saturated rings. The number of hydrogen-bond donors (Lipinski definition) is 2. The molecule has 0 amide bonds. The van der Waals surface area contributed by atoms with E-state index in [-0.39, 0.29) is 42.7 Å². The zero-order valence-corrected chi connectivity index (χ0v) is 9.50. The number of allylic oxidation sites excluding steroid dienone is 1. The number of carbonyl (C=O) groups excluding carboxylic acids is 1. The Balaban J connectivity index is 0. The Morgan fingerprint density at radius 3 is 2.50 bits per heavy atom. The van der Waals surface area contributed by atoms with E-state index in [0.29, 0.717) is 5.70 Å². The summed E-state index contributed by atoms with van der Waals surface area (Å²) in [4.78, 5) is 10.9. The minimum absolute atomic E-state index is 0. The molecule has 0 aromatic carbocycles. The molecular formula is C8H16NNaO5S. The third kappa shape index (κ3) is 12.0. The number of esters is 1. The maximum atomic E-state index is 10.9. The summed E-state index contributed by atoms with van der Waals surface area (Å²) in [5, 5.41) is 2.65. The monoisotopic (exact) mass is 261 g/mol. The van der Waals surface area contributed by atoms with Crippen LogP contribution in [0.2, 0.25) is 0 Å². The van der Waals surface area contributed by atoms with Crippen LogP contribution in [0.3, 0.4) is 0 Å². The SMILES string of the molecule is CCOC(=O)/C=C(\C)NCCS(=O)(=O)O.[NaH]. The number of nitrogens with one attached hydrogen (secondary N) is 1. The molecule has 0 aromatic rings. The summed E-state index contributed by atoms with van der Waals surface area (Å²) in [6.45, 7) is 3.61. The molecule has 16 heavy (non-hydrogen) atoms. The molecule has 0 heterocycles. The first-order valence-corrected chi connectivity index (χ1v) is 6.00. The first kappa shape index (κ1) is 18.3. The molecule has 0 unspecified atom stereocenters. The van der Waals surface area contributed by atoms with Gasteiger partial charge in [0.05, 0.1) is 12.4 Å². The average Bonchev–Trinajstić information content (AvgIpc) is 2.01. The van der Waals surface area contributed by atoms with E-state index < -0.39 is 21.8 Å². The zero-order chi connectivity index (χ0) is 11.9. The second-order valence-corrected chi connectivity index (χ2v) is 4.36. The Bertz CT molecular complexity index is 338. The van der Waals surface area contributed by atoms with Crippen LogP contribution in [-0.4, -0.2) is 67.4 Å². The predicted molar refractivity (Wildman–Crippen MR) is 62.0 cm³/mol. The summed E-state index contributed by atoms with van der Waals surface area (Å²) in [5.41, 5.74) is 0.483. The molecule has 0 saturated carbocycles. The van der Waals surface area contributed by atoms with Crippen LogP contribution >= 0.6 is 0 Å². The van der Waals surface area contributed by atoms with E-state index in [1.54, 1.807) is 13.8 Å². The van der Waals surface area contributed by atoms with Crippen LogP contribution in [0.25, 0.3) is 0 Å². The van der Waals surface area contributed by atoms with Gasteiger partial charge < -0.3 is 10.1 Å². The van der Waals surface area contributed by atoms with E-state index in [0.717, 1.165) is 0 Å². The summed E-state index contributed by atoms with van der Waals surface area (Å²) >= 11 is 0. The van der Waals surface area contributed by atoms with Crippen molar-refractivity contribution in [3.63, 3.8) is 0 Å². The standard InChI is InChI=1S/C8H15NO5S.Na.H/c1-3-14-8(10)6-7(2)9-4-5-15(11,12)13;;/h6,9H,3-5H2,1-2H3,(H,11,12,13);;/b7-6+;;. The molecule has 2 N–H and O–H groups in total. The van der Waals surface area contributed by atoms with Gasteiger partial charge in [0, 0.05) is 18.3 Å². The quantitative estimate of drug-likeness (QED) is 0.284. The maximum absolute atomic E-state index is 10.9. The fourth-order valence-electron chi connectivity index (χ4n) is 0.789. The van der Waals surface area contributed by atoms with E-state index in [2.05, 4.69) is 10.1 Å². The van der Waals surface area contributed by atoms with Gasteiger partial charge in [0.1, 0.15) is 0 Å². The van der Waals surface area contributed by atoms with Crippen molar-refractivity contribution in [1.82, 2.24) is 5.32 Å².